The molecule has 0 aromatic carbocycles. The van der Waals surface area contributed by atoms with Gasteiger partial charge < -0.3 is 19.7 Å². The first-order chi connectivity index (χ1) is 15.0. The molecule has 7 nitrogen and oxygen atoms in total. The van der Waals surface area contributed by atoms with Gasteiger partial charge in [0.25, 0.3) is 0 Å². The fraction of sp³-hybridized carbons (Fsp3) is 0.875. The highest BCUT2D eigenvalue weighted by Crippen LogP contribution is 2.11. The normalized spacial score (nSPS) is 11.8. The van der Waals surface area contributed by atoms with Crippen molar-refractivity contribution in [1.29, 1.82) is 0 Å². The maximum absolute atomic E-state index is 11.9. The number of aliphatic carboxylic acids is 1. The number of esters is 2. The first-order valence-corrected chi connectivity index (χ1v) is 12.2. The Morgan fingerprint density at radius 1 is 0.677 bits per heavy atom. The molecule has 0 amide bonds. The van der Waals surface area contributed by atoms with Crippen LogP contribution in [0.3, 0.4) is 0 Å². The average molecular weight is 445 g/mol. The number of carbonyl (C=O) groups excluding carboxylic acids is 2. The van der Waals surface area contributed by atoms with Crippen LogP contribution in [-0.4, -0.2) is 47.4 Å². The molecule has 2 N–H and O–H groups in total. The number of ether oxygens (including phenoxy) is 2. The Bertz CT molecular complexity index is 465. The summed E-state index contributed by atoms with van der Waals surface area (Å²) in [5.41, 5.74) is 0. The lowest BCUT2D eigenvalue weighted by atomic mass is 10.1. The minimum Gasteiger partial charge on any atom is -0.481 e. The first kappa shape index (κ1) is 29.4. The van der Waals surface area contributed by atoms with Crippen LogP contribution in [0, 0.1) is 0 Å². The van der Waals surface area contributed by atoms with Crippen LogP contribution in [0.4, 0.5) is 0 Å². The topological polar surface area (TPSA) is 110 Å². The third kappa shape index (κ3) is 21.4. The molecule has 0 aromatic rings. The van der Waals surface area contributed by atoms with Crippen molar-refractivity contribution in [3.8, 4) is 0 Å². The van der Waals surface area contributed by atoms with Gasteiger partial charge in [-0.05, 0) is 19.3 Å². The monoisotopic (exact) mass is 444 g/mol. The zero-order chi connectivity index (χ0) is 23.2. The lowest BCUT2D eigenvalue weighted by Gasteiger charge is -2.15. The molecular formula is C24H44O7. The second-order valence-corrected chi connectivity index (χ2v) is 8.22. The molecule has 0 aliphatic carbocycles. The van der Waals surface area contributed by atoms with Crippen LogP contribution in [0.2, 0.25) is 0 Å². The van der Waals surface area contributed by atoms with Gasteiger partial charge in [-0.1, -0.05) is 77.6 Å². The summed E-state index contributed by atoms with van der Waals surface area (Å²) >= 11 is 0. The lowest BCUT2D eigenvalue weighted by molar-refractivity contribution is -0.161. The minimum atomic E-state index is -0.814. The third-order valence-corrected chi connectivity index (χ3v) is 5.19. The zero-order valence-electron chi connectivity index (χ0n) is 19.4. The molecular weight excluding hydrogens is 400 g/mol. The Morgan fingerprint density at radius 2 is 1.13 bits per heavy atom. The molecule has 7 heteroatoms. The molecule has 182 valence electrons. The Hall–Kier alpha value is -1.63. The molecule has 0 fully saturated rings. The van der Waals surface area contributed by atoms with E-state index in [4.69, 9.17) is 14.6 Å². The Kier molecular flexibility index (Phi) is 20.5. The summed E-state index contributed by atoms with van der Waals surface area (Å²) in [5, 5.41) is 17.9. The number of carboxylic acid groups (broad SMARTS) is 1. The van der Waals surface area contributed by atoms with Gasteiger partial charge in [0.2, 0.25) is 0 Å². The molecule has 0 radical (unpaired) electrons. The second kappa shape index (κ2) is 21.6. The molecule has 0 spiro atoms. The maximum atomic E-state index is 11.9. The Balaban J connectivity index is 3.65. The van der Waals surface area contributed by atoms with Gasteiger partial charge in [0.15, 0.2) is 6.10 Å². The number of aliphatic hydroxyl groups excluding tert-OH is 1. The van der Waals surface area contributed by atoms with Gasteiger partial charge in [-0.2, -0.15) is 0 Å². The van der Waals surface area contributed by atoms with Crippen molar-refractivity contribution in [2.75, 3.05) is 13.2 Å². The number of unbranched alkanes of at least 4 members (excludes halogenated alkanes) is 12. The Labute approximate surface area is 187 Å². The zero-order valence-corrected chi connectivity index (χ0v) is 19.4. The Morgan fingerprint density at radius 3 is 1.61 bits per heavy atom. The highest BCUT2D eigenvalue weighted by Gasteiger charge is 2.16. The fourth-order valence-corrected chi connectivity index (χ4v) is 3.28. The van der Waals surface area contributed by atoms with Crippen LogP contribution in [0.1, 0.15) is 116 Å². The van der Waals surface area contributed by atoms with E-state index in [1.807, 2.05) is 0 Å². The van der Waals surface area contributed by atoms with Crippen LogP contribution < -0.4 is 0 Å². The van der Waals surface area contributed by atoms with Crippen molar-refractivity contribution in [3.05, 3.63) is 0 Å². The molecule has 0 rings (SSSR count). The van der Waals surface area contributed by atoms with E-state index in [1.54, 1.807) is 0 Å². The van der Waals surface area contributed by atoms with E-state index < -0.39 is 12.1 Å². The van der Waals surface area contributed by atoms with Gasteiger partial charge in [0.1, 0.15) is 6.61 Å². The van der Waals surface area contributed by atoms with Crippen molar-refractivity contribution < 1.29 is 34.1 Å². The van der Waals surface area contributed by atoms with E-state index in [2.05, 4.69) is 6.92 Å². The fourth-order valence-electron chi connectivity index (χ4n) is 3.28. The van der Waals surface area contributed by atoms with Crippen LogP contribution in [-0.2, 0) is 23.9 Å². The van der Waals surface area contributed by atoms with Gasteiger partial charge in [-0.15, -0.1) is 0 Å². The molecule has 0 saturated heterocycles. The molecule has 0 aliphatic heterocycles. The van der Waals surface area contributed by atoms with Gasteiger partial charge in [0, 0.05) is 19.3 Å². The summed E-state index contributed by atoms with van der Waals surface area (Å²) < 4.78 is 10.3. The van der Waals surface area contributed by atoms with Gasteiger partial charge >= 0.3 is 17.9 Å². The second-order valence-electron chi connectivity index (χ2n) is 8.22. The molecule has 1 atom stereocenters. The van der Waals surface area contributed by atoms with Crippen molar-refractivity contribution in [2.24, 2.45) is 0 Å². The number of aliphatic hydroxyl groups is 1. The molecule has 0 heterocycles. The van der Waals surface area contributed by atoms with Crippen LogP contribution >= 0.6 is 0 Å². The summed E-state index contributed by atoms with van der Waals surface area (Å²) in [6.45, 7) is 1.71. The van der Waals surface area contributed by atoms with E-state index in [0.29, 0.717) is 19.3 Å². The number of carboxylic acids is 1. The predicted octanol–water partition coefficient (Wildman–Crippen LogP) is 5.17. The van der Waals surface area contributed by atoms with Crippen LogP contribution in [0.15, 0.2) is 0 Å². The van der Waals surface area contributed by atoms with E-state index in [0.717, 1.165) is 38.5 Å². The third-order valence-electron chi connectivity index (χ3n) is 5.19. The molecule has 31 heavy (non-hydrogen) atoms. The minimum absolute atomic E-state index is 0.128. The van der Waals surface area contributed by atoms with E-state index in [1.165, 1.54) is 38.5 Å². The highest BCUT2D eigenvalue weighted by atomic mass is 16.6. The van der Waals surface area contributed by atoms with Crippen molar-refractivity contribution in [3.63, 3.8) is 0 Å². The predicted molar refractivity (Wildman–Crippen MR) is 120 cm³/mol. The summed E-state index contributed by atoms with van der Waals surface area (Å²) in [6, 6.07) is 0. The molecule has 0 bridgehead atoms. The SMILES string of the molecule is CCCCCCCCCCCC(=O)OC(CO)COC(=O)CCCCCCCC(=O)O. The van der Waals surface area contributed by atoms with Crippen molar-refractivity contribution in [2.45, 2.75) is 122 Å². The van der Waals surface area contributed by atoms with Crippen molar-refractivity contribution in [1.82, 2.24) is 0 Å². The number of carbonyl (C=O) groups is 3. The number of hydrogen-bond donors (Lipinski definition) is 2. The van der Waals surface area contributed by atoms with E-state index in [9.17, 15) is 19.5 Å². The van der Waals surface area contributed by atoms with Crippen LogP contribution in [0.5, 0.6) is 0 Å². The molecule has 1 unspecified atom stereocenters. The van der Waals surface area contributed by atoms with Crippen molar-refractivity contribution >= 4 is 17.9 Å². The maximum Gasteiger partial charge on any atom is 0.306 e. The summed E-state index contributed by atoms with van der Waals surface area (Å²) in [7, 11) is 0. The lowest BCUT2D eigenvalue weighted by Crippen LogP contribution is -2.28. The summed E-state index contributed by atoms with van der Waals surface area (Å²) in [4.78, 5) is 34.1. The largest absolute Gasteiger partial charge is 0.481 e. The van der Waals surface area contributed by atoms with Gasteiger partial charge in [-0.3, -0.25) is 14.4 Å². The number of hydrogen-bond acceptors (Lipinski definition) is 6. The van der Waals surface area contributed by atoms with E-state index >= 15 is 0 Å². The van der Waals surface area contributed by atoms with Gasteiger partial charge in [0.05, 0.1) is 6.61 Å². The number of rotatable bonds is 22. The van der Waals surface area contributed by atoms with E-state index in [-0.39, 0.29) is 38.0 Å². The van der Waals surface area contributed by atoms with Gasteiger partial charge in [-0.25, -0.2) is 0 Å². The smallest absolute Gasteiger partial charge is 0.306 e. The van der Waals surface area contributed by atoms with Crippen LogP contribution in [0.25, 0.3) is 0 Å². The first-order valence-electron chi connectivity index (χ1n) is 12.2. The summed E-state index contributed by atoms with van der Waals surface area (Å²) in [5.74, 6) is -1.52. The molecule has 0 aliphatic rings. The molecule has 0 aromatic heterocycles. The standard InChI is InChI=1S/C24H44O7/c1-2-3-4-5-6-7-8-11-15-18-24(29)31-21(19-25)20-30-23(28)17-14-12-9-10-13-16-22(26)27/h21,25H,2-20H2,1H3,(H,26,27). The molecule has 0 saturated carbocycles. The highest BCUT2D eigenvalue weighted by molar-refractivity contribution is 5.70. The summed E-state index contributed by atoms with van der Waals surface area (Å²) in [6.07, 6.45) is 14.4. The average Bonchev–Trinajstić information content (AvgIpc) is 2.74. The quantitative estimate of drug-likeness (QED) is 0.175.